The van der Waals surface area contributed by atoms with Gasteiger partial charge in [-0.2, -0.15) is 0 Å². The summed E-state index contributed by atoms with van der Waals surface area (Å²) in [7, 11) is 2.96. The molecule has 1 aromatic heterocycles. The van der Waals surface area contributed by atoms with Gasteiger partial charge >= 0.3 is 0 Å². The van der Waals surface area contributed by atoms with Crippen molar-refractivity contribution in [3.8, 4) is 22.8 Å². The number of anilines is 1. The molecule has 8 heteroatoms. The van der Waals surface area contributed by atoms with Crippen LogP contribution in [-0.2, 0) is 4.79 Å². The fourth-order valence-electron chi connectivity index (χ4n) is 2.99. The molecule has 4 rings (SSSR count). The van der Waals surface area contributed by atoms with Crippen molar-refractivity contribution >= 4 is 34.6 Å². The molecule has 0 bridgehead atoms. The molecule has 1 aliphatic rings. The van der Waals surface area contributed by atoms with Crippen LogP contribution in [0.5, 0.6) is 11.5 Å². The van der Waals surface area contributed by atoms with Crippen molar-refractivity contribution in [2.45, 2.75) is 0 Å². The number of carbonyl (C=O) groups is 1. The Hall–Kier alpha value is -3.52. The second-order valence-electron chi connectivity index (χ2n) is 6.31. The summed E-state index contributed by atoms with van der Waals surface area (Å²) in [5.74, 6) is 0.901. The molecule has 0 saturated carbocycles. The van der Waals surface area contributed by atoms with E-state index < -0.39 is 5.82 Å². The number of thioether (sulfide) groups is 1. The molecule has 1 aliphatic heterocycles. The molecule has 152 valence electrons. The van der Waals surface area contributed by atoms with Gasteiger partial charge in [0.1, 0.15) is 17.3 Å². The highest BCUT2D eigenvalue weighted by molar-refractivity contribution is 8.19. The third-order valence-corrected chi connectivity index (χ3v) is 5.38. The molecule has 3 aromatic rings. The van der Waals surface area contributed by atoms with Crippen LogP contribution in [0.2, 0.25) is 0 Å². The molecule has 2 aromatic carbocycles. The Morgan fingerprint density at radius 3 is 2.50 bits per heavy atom. The van der Waals surface area contributed by atoms with Crippen molar-refractivity contribution in [1.29, 1.82) is 5.41 Å². The monoisotopic (exact) mass is 424 g/mol. The van der Waals surface area contributed by atoms with Crippen LogP contribution >= 0.6 is 11.8 Å². The largest absolute Gasteiger partial charge is 0.497 e. The Morgan fingerprint density at radius 2 is 1.83 bits per heavy atom. The number of hydrogen-bond donors (Lipinski definition) is 1. The number of nitrogens with zero attached hydrogens (tertiary/aromatic N) is 1. The predicted molar refractivity (Wildman–Crippen MR) is 114 cm³/mol. The molecule has 0 atom stereocenters. The first-order valence-electron chi connectivity index (χ1n) is 8.90. The van der Waals surface area contributed by atoms with Gasteiger partial charge in [-0.15, -0.1) is 0 Å². The maximum Gasteiger partial charge on any atom is 0.271 e. The highest BCUT2D eigenvalue weighted by Gasteiger charge is 2.33. The van der Waals surface area contributed by atoms with Crippen molar-refractivity contribution in [1.82, 2.24) is 0 Å². The fraction of sp³-hybridized carbons (Fsp3) is 0.0909. The zero-order chi connectivity index (χ0) is 21.3. The van der Waals surface area contributed by atoms with Crippen LogP contribution in [0.1, 0.15) is 5.76 Å². The van der Waals surface area contributed by atoms with Crippen LogP contribution in [0.25, 0.3) is 17.4 Å². The minimum atomic E-state index is -0.489. The van der Waals surface area contributed by atoms with E-state index in [1.165, 1.54) is 24.1 Å². The smallest absolute Gasteiger partial charge is 0.271 e. The zero-order valence-corrected chi connectivity index (χ0v) is 17.0. The third kappa shape index (κ3) is 3.69. The van der Waals surface area contributed by atoms with E-state index in [0.717, 1.165) is 11.8 Å². The number of amides is 1. The highest BCUT2D eigenvalue weighted by Crippen LogP contribution is 2.36. The summed E-state index contributed by atoms with van der Waals surface area (Å²) >= 11 is 1.05. The van der Waals surface area contributed by atoms with Gasteiger partial charge < -0.3 is 13.9 Å². The van der Waals surface area contributed by atoms with Crippen LogP contribution in [-0.4, -0.2) is 25.3 Å². The lowest BCUT2D eigenvalue weighted by atomic mass is 10.1. The standard InChI is InChI=1S/C22H17FN2O4S/c1-27-15-6-4-14(5-7-15)25-21(26)20(30-22(25)24)12-16-8-10-18(29-16)13-3-9-19(28-2)17(23)11-13/h3-12,24H,1-2H3. The molecule has 0 unspecified atom stereocenters. The second kappa shape index (κ2) is 8.08. The minimum absolute atomic E-state index is 0.0976. The van der Waals surface area contributed by atoms with E-state index in [9.17, 15) is 9.18 Å². The molecular formula is C22H17FN2O4S. The number of rotatable bonds is 5. The summed E-state index contributed by atoms with van der Waals surface area (Å²) in [5, 5.41) is 8.28. The number of carbonyl (C=O) groups excluding carboxylic acids is 1. The van der Waals surface area contributed by atoms with E-state index >= 15 is 0 Å². The van der Waals surface area contributed by atoms with Gasteiger partial charge in [0.25, 0.3) is 5.91 Å². The van der Waals surface area contributed by atoms with Gasteiger partial charge in [-0.1, -0.05) is 0 Å². The van der Waals surface area contributed by atoms with Gasteiger partial charge in [-0.05, 0) is 66.4 Å². The van der Waals surface area contributed by atoms with Gasteiger partial charge in [0.15, 0.2) is 16.7 Å². The van der Waals surface area contributed by atoms with Crippen LogP contribution in [0.3, 0.4) is 0 Å². The lowest BCUT2D eigenvalue weighted by molar-refractivity contribution is -0.113. The number of hydrogen-bond acceptors (Lipinski definition) is 6. The molecule has 1 N–H and O–H groups in total. The lowest BCUT2D eigenvalue weighted by Crippen LogP contribution is -2.27. The SMILES string of the molecule is COc1ccc(N2C(=N)SC(=Cc3ccc(-c4ccc(OC)c(F)c4)o3)C2=O)cc1. The van der Waals surface area contributed by atoms with Crippen molar-refractivity contribution in [2.75, 3.05) is 19.1 Å². The average molecular weight is 424 g/mol. The summed E-state index contributed by atoms with van der Waals surface area (Å²) in [6.45, 7) is 0. The molecule has 1 saturated heterocycles. The molecule has 2 heterocycles. The Morgan fingerprint density at radius 1 is 1.07 bits per heavy atom. The topological polar surface area (TPSA) is 75.8 Å². The number of methoxy groups -OCH3 is 2. The average Bonchev–Trinajstić information content (AvgIpc) is 3.32. The summed E-state index contributed by atoms with van der Waals surface area (Å²) in [4.78, 5) is 14.5. The molecular weight excluding hydrogens is 407 g/mol. The molecule has 0 spiro atoms. The maximum atomic E-state index is 14.0. The summed E-state index contributed by atoms with van der Waals surface area (Å²) in [6, 6.07) is 14.8. The number of halogens is 1. The van der Waals surface area contributed by atoms with Gasteiger partial charge in [0, 0.05) is 11.6 Å². The number of furan rings is 1. The van der Waals surface area contributed by atoms with E-state index in [-0.39, 0.29) is 16.8 Å². The van der Waals surface area contributed by atoms with Gasteiger partial charge in [-0.25, -0.2) is 4.39 Å². The normalized spacial score (nSPS) is 15.2. The first kappa shape index (κ1) is 19.8. The van der Waals surface area contributed by atoms with Crippen molar-refractivity contribution < 1.29 is 23.1 Å². The molecule has 6 nitrogen and oxygen atoms in total. The Balaban J connectivity index is 1.57. The first-order chi connectivity index (χ1) is 14.5. The quantitative estimate of drug-likeness (QED) is 0.573. The van der Waals surface area contributed by atoms with Crippen LogP contribution < -0.4 is 14.4 Å². The molecule has 1 amide bonds. The number of amidine groups is 1. The summed E-state index contributed by atoms with van der Waals surface area (Å²) in [5.41, 5.74) is 1.13. The second-order valence-corrected chi connectivity index (χ2v) is 7.34. The lowest BCUT2D eigenvalue weighted by Gasteiger charge is -2.14. The van der Waals surface area contributed by atoms with Crippen LogP contribution in [0, 0.1) is 11.2 Å². The van der Waals surface area contributed by atoms with E-state index in [1.54, 1.807) is 55.7 Å². The van der Waals surface area contributed by atoms with E-state index in [1.807, 2.05) is 0 Å². The Kier molecular flexibility index (Phi) is 5.33. The van der Waals surface area contributed by atoms with E-state index in [4.69, 9.17) is 19.3 Å². The van der Waals surface area contributed by atoms with Crippen molar-refractivity contribution in [3.05, 3.63) is 71.1 Å². The molecule has 1 fully saturated rings. The molecule has 30 heavy (non-hydrogen) atoms. The minimum Gasteiger partial charge on any atom is -0.497 e. The van der Waals surface area contributed by atoms with Gasteiger partial charge in [-0.3, -0.25) is 15.1 Å². The zero-order valence-electron chi connectivity index (χ0n) is 16.1. The third-order valence-electron chi connectivity index (χ3n) is 4.49. The predicted octanol–water partition coefficient (Wildman–Crippen LogP) is 5.16. The highest BCUT2D eigenvalue weighted by atomic mass is 32.2. The van der Waals surface area contributed by atoms with Gasteiger partial charge in [0.2, 0.25) is 0 Å². The number of nitrogens with one attached hydrogen (secondary N) is 1. The summed E-state index contributed by atoms with van der Waals surface area (Å²) < 4.78 is 29.8. The van der Waals surface area contributed by atoms with Crippen molar-refractivity contribution in [2.24, 2.45) is 0 Å². The molecule has 0 aliphatic carbocycles. The van der Waals surface area contributed by atoms with Crippen LogP contribution in [0.4, 0.5) is 10.1 Å². The maximum absolute atomic E-state index is 14.0. The Labute approximate surface area is 176 Å². The van der Waals surface area contributed by atoms with Gasteiger partial charge in [0.05, 0.1) is 24.8 Å². The fourth-order valence-corrected chi connectivity index (χ4v) is 3.83. The van der Waals surface area contributed by atoms with E-state index in [2.05, 4.69) is 0 Å². The molecule has 0 radical (unpaired) electrons. The number of ether oxygens (including phenoxy) is 2. The number of benzene rings is 2. The summed E-state index contributed by atoms with van der Waals surface area (Å²) in [6.07, 6.45) is 1.58. The Bertz CT molecular complexity index is 1150. The first-order valence-corrected chi connectivity index (χ1v) is 9.72. The van der Waals surface area contributed by atoms with Crippen molar-refractivity contribution in [3.63, 3.8) is 0 Å². The van der Waals surface area contributed by atoms with E-state index in [0.29, 0.717) is 33.4 Å². The van der Waals surface area contributed by atoms with Crippen LogP contribution in [0.15, 0.2) is 63.9 Å².